The largest absolute Gasteiger partial charge is 0.295 e. The van der Waals surface area contributed by atoms with Crippen molar-refractivity contribution in [1.29, 1.82) is 0 Å². The summed E-state index contributed by atoms with van der Waals surface area (Å²) in [4.78, 5) is 12.7. The first-order chi connectivity index (χ1) is 24.8. The van der Waals surface area contributed by atoms with Crippen molar-refractivity contribution in [3.05, 3.63) is 182 Å². The zero-order chi connectivity index (χ0) is 33.0. The van der Waals surface area contributed by atoms with Crippen molar-refractivity contribution >= 4 is 38.9 Å². The van der Waals surface area contributed by atoms with Gasteiger partial charge in [-0.25, -0.2) is 9.97 Å². The monoisotopic (exact) mass is 638 g/mol. The van der Waals surface area contributed by atoms with E-state index in [0.717, 1.165) is 51.0 Å². The highest BCUT2D eigenvalue weighted by atomic mass is 15.3. The topological polar surface area (TPSA) is 34.0 Å². The Hall–Kier alpha value is -6.78. The summed E-state index contributed by atoms with van der Waals surface area (Å²) in [5.74, 6) is 1.76. The molecule has 10 rings (SSSR count). The Morgan fingerprint density at radius 3 is 1.84 bits per heavy atom. The molecule has 0 atom stereocenters. The van der Waals surface area contributed by atoms with Crippen molar-refractivity contribution < 1.29 is 0 Å². The average molecular weight is 639 g/mol. The Labute approximate surface area is 290 Å². The molecule has 0 unspecified atom stereocenters. The van der Waals surface area contributed by atoms with Crippen molar-refractivity contribution in [3.8, 4) is 50.7 Å². The molecule has 3 heterocycles. The summed E-state index contributed by atoms with van der Waals surface area (Å²) >= 11 is 0. The van der Waals surface area contributed by atoms with Gasteiger partial charge in [0.1, 0.15) is 5.82 Å². The third-order valence-corrected chi connectivity index (χ3v) is 9.71. The van der Waals surface area contributed by atoms with E-state index in [1.54, 1.807) is 0 Å². The smallest absolute Gasteiger partial charge is 0.160 e. The lowest BCUT2D eigenvalue weighted by Gasteiger charge is -2.27. The predicted octanol–water partition coefficient (Wildman–Crippen LogP) is 12.0. The average Bonchev–Trinajstić information content (AvgIpc) is 3.51. The lowest BCUT2D eigenvalue weighted by atomic mass is 9.94. The van der Waals surface area contributed by atoms with Crippen molar-refractivity contribution in [2.45, 2.75) is 0 Å². The minimum Gasteiger partial charge on any atom is -0.295 e. The van der Waals surface area contributed by atoms with E-state index in [1.807, 2.05) is 12.1 Å². The Morgan fingerprint density at radius 1 is 0.420 bits per heavy atom. The van der Waals surface area contributed by atoms with E-state index in [9.17, 15) is 0 Å². The molecule has 2 aromatic heterocycles. The van der Waals surface area contributed by atoms with Crippen LogP contribution in [0.2, 0.25) is 0 Å². The van der Waals surface area contributed by atoms with Gasteiger partial charge < -0.3 is 0 Å². The molecule has 4 heteroatoms. The number of para-hydroxylation sites is 2. The summed E-state index contributed by atoms with van der Waals surface area (Å²) in [6.45, 7) is 0. The van der Waals surface area contributed by atoms with Gasteiger partial charge in [0.2, 0.25) is 0 Å². The van der Waals surface area contributed by atoms with E-state index in [-0.39, 0.29) is 0 Å². The Balaban J connectivity index is 1.24. The fourth-order valence-electron chi connectivity index (χ4n) is 7.44. The normalized spacial score (nSPS) is 12.0. The summed E-state index contributed by atoms with van der Waals surface area (Å²) in [7, 11) is 0. The van der Waals surface area contributed by atoms with E-state index in [0.29, 0.717) is 5.82 Å². The molecule has 234 valence electrons. The molecule has 4 nitrogen and oxygen atoms in total. The number of fused-ring (bicyclic) bond motifs is 9. The number of aromatic nitrogens is 3. The molecule has 9 aromatic rings. The van der Waals surface area contributed by atoms with Crippen LogP contribution in [0.4, 0.5) is 17.2 Å². The van der Waals surface area contributed by atoms with Gasteiger partial charge in [-0.1, -0.05) is 140 Å². The lowest BCUT2D eigenvalue weighted by molar-refractivity contribution is 1.09. The number of hydrogen-bond acceptors (Lipinski definition) is 3. The highest BCUT2D eigenvalue weighted by Crippen LogP contribution is 2.51. The first kappa shape index (κ1) is 28.3. The van der Waals surface area contributed by atoms with Crippen LogP contribution in [0.15, 0.2) is 182 Å². The fraction of sp³-hybridized carbons (Fsp3) is 0. The van der Waals surface area contributed by atoms with Gasteiger partial charge in [-0.2, -0.15) is 0 Å². The van der Waals surface area contributed by atoms with Crippen LogP contribution in [0.3, 0.4) is 0 Å². The molecule has 0 spiro atoms. The number of benzene rings is 7. The van der Waals surface area contributed by atoms with Gasteiger partial charge in [-0.05, 0) is 53.2 Å². The van der Waals surface area contributed by atoms with Crippen molar-refractivity contribution in [2.75, 3.05) is 4.90 Å². The predicted molar refractivity (Wildman–Crippen MR) is 206 cm³/mol. The van der Waals surface area contributed by atoms with Crippen molar-refractivity contribution in [3.63, 3.8) is 0 Å². The number of hydrogen-bond donors (Lipinski definition) is 0. The lowest BCUT2D eigenvalue weighted by Crippen LogP contribution is -2.13. The van der Waals surface area contributed by atoms with Gasteiger partial charge in [-0.15, -0.1) is 0 Å². The zero-order valence-electron chi connectivity index (χ0n) is 27.1. The second kappa shape index (κ2) is 11.4. The van der Waals surface area contributed by atoms with Gasteiger partial charge in [0, 0.05) is 38.9 Å². The standard InChI is InChI=1S/C46H30N4/c1-3-15-32(16-4-1)39-30-40(33-17-5-2-6-18-33)48-46(47-39)35-20-13-21-36(28-35)49-43-27-26-31-14-7-9-22-37(31)45(43)38-23-10-12-25-42(38)50-41-24-11-8-19-34(41)29-44(49)50/h1-30H. The van der Waals surface area contributed by atoms with Gasteiger partial charge in [-0.3, -0.25) is 9.47 Å². The Morgan fingerprint density at radius 2 is 1.06 bits per heavy atom. The van der Waals surface area contributed by atoms with Crippen LogP contribution < -0.4 is 4.90 Å². The molecule has 1 aliphatic heterocycles. The van der Waals surface area contributed by atoms with E-state index in [2.05, 4.69) is 179 Å². The van der Waals surface area contributed by atoms with Crippen LogP contribution in [-0.2, 0) is 0 Å². The SMILES string of the molecule is c1ccc(-c2cc(-c3ccccc3)nc(-c3cccc(N4c5ccc6ccccc6c5-c5ccccc5-n5c4cc4ccccc45)c3)n2)cc1. The molecular weight excluding hydrogens is 609 g/mol. The molecule has 50 heavy (non-hydrogen) atoms. The summed E-state index contributed by atoms with van der Waals surface area (Å²) in [5, 5.41) is 3.62. The maximum atomic E-state index is 5.17. The number of anilines is 3. The summed E-state index contributed by atoms with van der Waals surface area (Å²) in [6, 6.07) is 64.4. The highest BCUT2D eigenvalue weighted by molar-refractivity contribution is 6.09. The Bertz CT molecular complexity index is 2650. The maximum absolute atomic E-state index is 5.17. The van der Waals surface area contributed by atoms with E-state index in [1.165, 1.54) is 32.8 Å². The third kappa shape index (κ3) is 4.54. The summed E-state index contributed by atoms with van der Waals surface area (Å²) in [6.07, 6.45) is 0. The molecule has 0 amide bonds. The van der Waals surface area contributed by atoms with Gasteiger partial charge in [0.15, 0.2) is 5.82 Å². The minimum atomic E-state index is 0.685. The van der Waals surface area contributed by atoms with Crippen molar-refractivity contribution in [1.82, 2.24) is 14.5 Å². The Kier molecular flexibility index (Phi) is 6.46. The van der Waals surface area contributed by atoms with Crippen LogP contribution in [0.25, 0.3) is 72.4 Å². The van der Waals surface area contributed by atoms with Crippen LogP contribution >= 0.6 is 0 Å². The zero-order valence-corrected chi connectivity index (χ0v) is 27.1. The second-order valence-electron chi connectivity index (χ2n) is 12.7. The number of rotatable bonds is 4. The molecule has 7 aromatic carbocycles. The quantitative estimate of drug-likeness (QED) is 0.192. The van der Waals surface area contributed by atoms with E-state index in [4.69, 9.17) is 9.97 Å². The van der Waals surface area contributed by atoms with Crippen LogP contribution in [0.1, 0.15) is 0 Å². The first-order valence-corrected chi connectivity index (χ1v) is 16.9. The summed E-state index contributed by atoms with van der Waals surface area (Å²) in [5.41, 5.74) is 11.7. The molecule has 0 radical (unpaired) electrons. The van der Waals surface area contributed by atoms with Gasteiger partial charge in [0.25, 0.3) is 0 Å². The fourth-order valence-corrected chi connectivity index (χ4v) is 7.44. The van der Waals surface area contributed by atoms with Crippen LogP contribution in [0.5, 0.6) is 0 Å². The minimum absolute atomic E-state index is 0.685. The van der Waals surface area contributed by atoms with Gasteiger partial charge >= 0.3 is 0 Å². The van der Waals surface area contributed by atoms with Crippen LogP contribution in [-0.4, -0.2) is 14.5 Å². The second-order valence-corrected chi connectivity index (χ2v) is 12.7. The van der Waals surface area contributed by atoms with Crippen LogP contribution in [0, 0.1) is 0 Å². The third-order valence-electron chi connectivity index (χ3n) is 9.71. The maximum Gasteiger partial charge on any atom is 0.160 e. The van der Waals surface area contributed by atoms with Crippen molar-refractivity contribution in [2.24, 2.45) is 0 Å². The molecule has 0 fully saturated rings. The molecule has 0 saturated carbocycles. The first-order valence-electron chi connectivity index (χ1n) is 16.9. The number of nitrogens with zero attached hydrogens (tertiary/aromatic N) is 4. The molecule has 0 saturated heterocycles. The molecule has 1 aliphatic rings. The molecule has 0 N–H and O–H groups in total. The van der Waals surface area contributed by atoms with E-state index >= 15 is 0 Å². The molecular formula is C46H30N4. The summed E-state index contributed by atoms with van der Waals surface area (Å²) < 4.78 is 2.41. The molecule has 0 bridgehead atoms. The van der Waals surface area contributed by atoms with E-state index < -0.39 is 0 Å². The highest BCUT2D eigenvalue weighted by Gasteiger charge is 2.29. The van der Waals surface area contributed by atoms with Gasteiger partial charge in [0.05, 0.1) is 28.3 Å². The molecule has 0 aliphatic carbocycles.